The minimum atomic E-state index is -0.0823. The number of nitrogens with one attached hydrogen (secondary N) is 1. The van der Waals surface area contributed by atoms with Gasteiger partial charge in [0.25, 0.3) is 0 Å². The molecule has 0 radical (unpaired) electrons. The van der Waals surface area contributed by atoms with Crippen LogP contribution in [0.5, 0.6) is 0 Å². The molecule has 2 aromatic rings. The second kappa shape index (κ2) is 12.2. The maximum Gasteiger partial charge on any atom is 0.226 e. The van der Waals surface area contributed by atoms with Gasteiger partial charge in [-0.3, -0.25) is 0 Å². The number of hydrogen-bond acceptors (Lipinski definition) is 7. The van der Waals surface area contributed by atoms with E-state index in [0.717, 1.165) is 28.2 Å². The van der Waals surface area contributed by atoms with Gasteiger partial charge in [0.1, 0.15) is 5.76 Å². The molecule has 35 heavy (non-hydrogen) atoms. The van der Waals surface area contributed by atoms with Crippen LogP contribution in [0.15, 0.2) is 99.1 Å². The lowest BCUT2D eigenvalue weighted by Crippen LogP contribution is -2.25. The van der Waals surface area contributed by atoms with Gasteiger partial charge in [0.15, 0.2) is 0 Å². The van der Waals surface area contributed by atoms with Crippen molar-refractivity contribution >= 4 is 23.1 Å². The normalized spacial score (nSPS) is 19.9. The molecule has 0 spiro atoms. The first-order chi connectivity index (χ1) is 16.9. The molecule has 7 heteroatoms. The van der Waals surface area contributed by atoms with Crippen LogP contribution in [0.25, 0.3) is 5.57 Å². The molecular formula is C28H31N5O2. The van der Waals surface area contributed by atoms with Crippen LogP contribution in [0.2, 0.25) is 0 Å². The molecule has 180 valence electrons. The molecule has 0 aliphatic carbocycles. The number of nitrogens with zero attached hydrogens (tertiary/aromatic N) is 4. The van der Waals surface area contributed by atoms with Gasteiger partial charge in [-0.15, -0.1) is 0 Å². The molecule has 0 saturated heterocycles. The third kappa shape index (κ3) is 7.61. The summed E-state index contributed by atoms with van der Waals surface area (Å²) in [6.45, 7) is 8.37. The Morgan fingerprint density at radius 3 is 2.69 bits per heavy atom. The molecule has 2 heterocycles. The van der Waals surface area contributed by atoms with Gasteiger partial charge in [-0.2, -0.15) is 10.3 Å². The van der Waals surface area contributed by atoms with Crippen LogP contribution in [0, 0.1) is 11.3 Å². The number of rotatable bonds is 5. The summed E-state index contributed by atoms with van der Waals surface area (Å²) in [7, 11) is 1.97. The van der Waals surface area contributed by atoms with Gasteiger partial charge in [-0.25, -0.2) is 4.99 Å². The highest BCUT2D eigenvalue weighted by Gasteiger charge is 2.13. The number of allylic oxidation sites excluding steroid dienone is 6. The fourth-order valence-electron chi connectivity index (χ4n) is 3.26. The summed E-state index contributed by atoms with van der Waals surface area (Å²) in [5.74, 6) is 1.68. The molecule has 1 atom stereocenters. The van der Waals surface area contributed by atoms with Crippen LogP contribution in [-0.2, 0) is 4.74 Å². The fourth-order valence-corrected chi connectivity index (χ4v) is 3.26. The standard InChI is InChI=1S/C28H31N5O2/c1-6-7-24(25-13-15-34-19-25)16-20(2)22(4)35-27-18-33(5)14-12-21(3)30-28(32-27)31-26-10-8-23(17-29)9-11-26/h6-16,19,21H,18H2,1-5H3,(H,30,31)/b7-6+,14-12-,22-20+,24-16+,32-27+. The molecule has 1 N–H and O–H groups in total. The molecule has 0 amide bonds. The number of ether oxygens (including phenoxy) is 1. The van der Waals surface area contributed by atoms with Crippen molar-refractivity contribution in [2.45, 2.75) is 33.7 Å². The number of benzene rings is 1. The van der Waals surface area contributed by atoms with Crippen molar-refractivity contribution in [3.8, 4) is 6.07 Å². The van der Waals surface area contributed by atoms with Crippen molar-refractivity contribution in [1.29, 1.82) is 5.26 Å². The zero-order valence-electron chi connectivity index (χ0n) is 20.8. The molecule has 1 unspecified atom stereocenters. The number of furan rings is 1. The zero-order valence-corrected chi connectivity index (χ0v) is 20.8. The number of guanidine groups is 1. The molecule has 0 saturated carbocycles. The summed E-state index contributed by atoms with van der Waals surface area (Å²) < 4.78 is 11.5. The van der Waals surface area contributed by atoms with E-state index < -0.39 is 0 Å². The third-order valence-corrected chi connectivity index (χ3v) is 5.23. The van der Waals surface area contributed by atoms with E-state index in [0.29, 0.717) is 24.0 Å². The van der Waals surface area contributed by atoms with Crippen molar-refractivity contribution in [1.82, 2.24) is 4.90 Å². The van der Waals surface area contributed by atoms with Crippen LogP contribution in [-0.4, -0.2) is 36.4 Å². The van der Waals surface area contributed by atoms with Crippen LogP contribution in [0.4, 0.5) is 5.69 Å². The van der Waals surface area contributed by atoms with E-state index in [2.05, 4.69) is 22.5 Å². The molecule has 1 aliphatic rings. The first kappa shape index (κ1) is 25.3. The largest absolute Gasteiger partial charge is 0.472 e. The van der Waals surface area contributed by atoms with Gasteiger partial charge < -0.3 is 19.4 Å². The highest BCUT2D eigenvalue weighted by atomic mass is 16.5. The molecule has 0 fully saturated rings. The van der Waals surface area contributed by atoms with Gasteiger partial charge >= 0.3 is 0 Å². The molecule has 1 aromatic carbocycles. The van der Waals surface area contributed by atoms with Crippen molar-refractivity contribution in [2.75, 3.05) is 18.9 Å². The minimum Gasteiger partial charge on any atom is -0.472 e. The predicted molar refractivity (Wildman–Crippen MR) is 142 cm³/mol. The maximum atomic E-state index is 9.05. The van der Waals surface area contributed by atoms with Crippen LogP contribution in [0.1, 0.15) is 38.8 Å². The van der Waals surface area contributed by atoms with Gasteiger partial charge in [0, 0.05) is 18.3 Å². The summed E-state index contributed by atoms with van der Waals surface area (Å²) in [5.41, 5.74) is 4.37. The van der Waals surface area contributed by atoms with E-state index in [4.69, 9.17) is 19.4 Å². The molecule has 7 nitrogen and oxygen atoms in total. The topological polar surface area (TPSA) is 86.1 Å². The SMILES string of the molecule is C/C=C/C(=C\C(C)=C(/C)O/C1=N/C(Nc2ccc(C#N)cc2)=NC(C)/C=C\N(C)C1)c1ccoc1. The van der Waals surface area contributed by atoms with Crippen molar-refractivity contribution in [2.24, 2.45) is 9.98 Å². The van der Waals surface area contributed by atoms with Crippen molar-refractivity contribution in [3.63, 3.8) is 0 Å². The van der Waals surface area contributed by atoms with Gasteiger partial charge in [0.05, 0.1) is 36.7 Å². The smallest absolute Gasteiger partial charge is 0.226 e. The Hall–Kier alpha value is -4.31. The molecule has 3 rings (SSSR count). The number of hydrogen-bond donors (Lipinski definition) is 1. The average Bonchev–Trinajstić information content (AvgIpc) is 3.38. The van der Waals surface area contributed by atoms with Crippen molar-refractivity contribution < 1.29 is 9.15 Å². The molecular weight excluding hydrogens is 438 g/mol. The quantitative estimate of drug-likeness (QED) is 0.420. The zero-order chi connectivity index (χ0) is 25.2. The summed E-state index contributed by atoms with van der Waals surface area (Å²) in [4.78, 5) is 11.4. The lowest BCUT2D eigenvalue weighted by Gasteiger charge is -2.17. The first-order valence-electron chi connectivity index (χ1n) is 11.4. The molecule has 1 aromatic heterocycles. The Morgan fingerprint density at radius 2 is 2.03 bits per heavy atom. The Labute approximate surface area is 207 Å². The Bertz CT molecular complexity index is 1220. The number of likely N-dealkylation sites (N-methyl/N-ethyl adjacent to an activating group) is 1. The fraction of sp³-hybridized carbons (Fsp3) is 0.250. The van der Waals surface area contributed by atoms with E-state index in [1.165, 1.54) is 0 Å². The monoisotopic (exact) mass is 469 g/mol. The second-order valence-corrected chi connectivity index (χ2v) is 8.22. The highest BCUT2D eigenvalue weighted by Crippen LogP contribution is 2.21. The summed E-state index contributed by atoms with van der Waals surface area (Å²) >= 11 is 0. The molecule has 0 bridgehead atoms. The summed E-state index contributed by atoms with van der Waals surface area (Å²) in [6, 6.07) is 11.1. The van der Waals surface area contributed by atoms with E-state index in [-0.39, 0.29) is 6.04 Å². The van der Waals surface area contributed by atoms with Crippen LogP contribution >= 0.6 is 0 Å². The Balaban J connectivity index is 1.91. The van der Waals surface area contributed by atoms with Crippen molar-refractivity contribution in [3.05, 3.63) is 95.8 Å². The third-order valence-electron chi connectivity index (χ3n) is 5.23. The van der Waals surface area contributed by atoms with E-state index in [9.17, 15) is 0 Å². The minimum absolute atomic E-state index is 0.0823. The van der Waals surface area contributed by atoms with Crippen LogP contribution < -0.4 is 5.32 Å². The number of anilines is 1. The first-order valence-corrected chi connectivity index (χ1v) is 11.4. The lowest BCUT2D eigenvalue weighted by molar-refractivity contribution is 0.376. The summed E-state index contributed by atoms with van der Waals surface area (Å²) in [6.07, 6.45) is 13.4. The van der Waals surface area contributed by atoms with Crippen LogP contribution in [0.3, 0.4) is 0 Å². The van der Waals surface area contributed by atoms with E-state index >= 15 is 0 Å². The molecule has 1 aliphatic heterocycles. The second-order valence-electron chi connectivity index (χ2n) is 8.22. The maximum absolute atomic E-state index is 9.05. The Kier molecular flexibility index (Phi) is 8.85. The summed E-state index contributed by atoms with van der Waals surface area (Å²) in [5, 5.41) is 12.3. The predicted octanol–water partition coefficient (Wildman–Crippen LogP) is 6.14. The lowest BCUT2D eigenvalue weighted by atomic mass is 10.1. The average molecular weight is 470 g/mol. The number of aliphatic imine (C=N–C) groups is 2. The van der Waals surface area contributed by atoms with E-state index in [1.807, 2.05) is 82.3 Å². The van der Waals surface area contributed by atoms with Gasteiger partial charge in [-0.05, 0) is 87.5 Å². The van der Waals surface area contributed by atoms with E-state index in [1.54, 1.807) is 24.7 Å². The highest BCUT2D eigenvalue weighted by molar-refractivity contribution is 6.02. The van der Waals surface area contributed by atoms with Gasteiger partial charge in [-0.1, -0.05) is 12.2 Å². The number of nitriles is 1. The Morgan fingerprint density at radius 1 is 1.26 bits per heavy atom. The van der Waals surface area contributed by atoms with Gasteiger partial charge in [0.2, 0.25) is 11.9 Å².